The van der Waals surface area contributed by atoms with E-state index >= 15 is 0 Å². The van der Waals surface area contributed by atoms with E-state index in [0.29, 0.717) is 36.8 Å². The number of para-hydroxylation sites is 1. The summed E-state index contributed by atoms with van der Waals surface area (Å²) in [6.07, 6.45) is 2.66. The second-order valence-electron chi connectivity index (χ2n) is 9.80. The highest BCUT2D eigenvalue weighted by Gasteiger charge is 2.45. The highest BCUT2D eigenvalue weighted by Crippen LogP contribution is 2.41. The molecule has 204 valence electrons. The number of nitrogens with zero attached hydrogens (tertiary/aromatic N) is 2. The summed E-state index contributed by atoms with van der Waals surface area (Å²) in [7, 11) is -6.53. The van der Waals surface area contributed by atoms with Crippen molar-refractivity contribution in [1.82, 2.24) is 14.0 Å². The number of aryl methyl sites for hydroxylation is 1. The average molecular weight is 563 g/mol. The van der Waals surface area contributed by atoms with Crippen LogP contribution in [0.4, 0.5) is 5.69 Å². The number of aromatic nitrogens is 1. The van der Waals surface area contributed by atoms with Gasteiger partial charge >= 0.3 is 0 Å². The van der Waals surface area contributed by atoms with Crippen molar-refractivity contribution in [3.05, 3.63) is 48.2 Å². The van der Waals surface area contributed by atoms with Crippen molar-refractivity contribution < 1.29 is 31.8 Å². The molecule has 2 aromatic carbocycles. The highest BCUT2D eigenvalue weighted by molar-refractivity contribution is 7.89. The molecule has 0 amide bonds. The van der Waals surface area contributed by atoms with Crippen molar-refractivity contribution in [1.29, 1.82) is 0 Å². The molecule has 0 radical (unpaired) electrons. The number of aromatic hydroxyl groups is 2. The number of fused-ring (bicyclic) bond motifs is 1. The van der Waals surface area contributed by atoms with Crippen molar-refractivity contribution in [3.8, 4) is 11.5 Å². The van der Waals surface area contributed by atoms with Gasteiger partial charge in [-0.3, -0.25) is 4.98 Å². The number of phenols is 1. The van der Waals surface area contributed by atoms with Crippen LogP contribution >= 0.6 is 0 Å². The van der Waals surface area contributed by atoms with Crippen LogP contribution in [0.1, 0.15) is 24.8 Å². The second-order valence-corrected chi connectivity index (χ2v) is 13.6. The first-order chi connectivity index (χ1) is 18.0. The molecule has 0 unspecified atom stereocenters. The van der Waals surface area contributed by atoms with Crippen LogP contribution in [0.25, 0.3) is 10.9 Å². The number of benzene rings is 2. The summed E-state index contributed by atoms with van der Waals surface area (Å²) in [6.45, 7) is 2.60. The van der Waals surface area contributed by atoms with Gasteiger partial charge in [0.2, 0.25) is 20.0 Å². The topological polar surface area (TPSA) is 158 Å². The number of piperidine rings is 1. The first-order valence-corrected chi connectivity index (χ1v) is 15.1. The molecule has 5 rings (SSSR count). The van der Waals surface area contributed by atoms with Crippen LogP contribution in [0.3, 0.4) is 0 Å². The molecule has 2 aliphatic rings. The highest BCUT2D eigenvalue weighted by atomic mass is 32.2. The van der Waals surface area contributed by atoms with Crippen LogP contribution in [-0.4, -0.2) is 74.7 Å². The van der Waals surface area contributed by atoms with Crippen LogP contribution < -0.4 is 10.0 Å². The molecule has 1 spiro atoms. The van der Waals surface area contributed by atoms with Gasteiger partial charge in [0.25, 0.3) is 0 Å². The fraction of sp³-hybridized carbons (Fsp3) is 0.400. The van der Waals surface area contributed by atoms with Crippen LogP contribution in [0.2, 0.25) is 0 Å². The van der Waals surface area contributed by atoms with Gasteiger partial charge in [-0.25, -0.2) is 21.6 Å². The summed E-state index contributed by atoms with van der Waals surface area (Å²) in [5, 5.41) is 24.9. The molecular weight excluding hydrogens is 532 g/mol. The molecule has 2 fully saturated rings. The Morgan fingerprint density at radius 1 is 1.05 bits per heavy atom. The lowest BCUT2D eigenvalue weighted by atomic mass is 9.88. The maximum Gasteiger partial charge on any atom is 0.248 e. The van der Waals surface area contributed by atoms with Gasteiger partial charge in [0.15, 0.2) is 5.75 Å². The first-order valence-electron chi connectivity index (χ1n) is 12.2. The lowest BCUT2D eigenvalue weighted by Gasteiger charge is -2.38. The van der Waals surface area contributed by atoms with E-state index < -0.39 is 25.6 Å². The molecule has 1 atom stereocenters. The zero-order chi connectivity index (χ0) is 27.3. The summed E-state index contributed by atoms with van der Waals surface area (Å²) >= 11 is 0. The van der Waals surface area contributed by atoms with Crippen LogP contribution in [0.15, 0.2) is 52.4 Å². The quantitative estimate of drug-likeness (QED) is 0.331. The van der Waals surface area contributed by atoms with Gasteiger partial charge in [0, 0.05) is 18.5 Å². The number of phenolic OH excluding ortho intramolecular Hbond substituents is 1. The number of hydrogen-bond donors (Lipinski definition) is 4. The van der Waals surface area contributed by atoms with Gasteiger partial charge < -0.3 is 20.3 Å². The average Bonchev–Trinajstić information content (AvgIpc) is 3.27. The van der Waals surface area contributed by atoms with Gasteiger partial charge in [-0.2, -0.15) is 4.31 Å². The zero-order valence-electron chi connectivity index (χ0n) is 21.0. The minimum absolute atomic E-state index is 0.200. The number of rotatable bonds is 6. The Balaban J connectivity index is 1.28. The third-order valence-electron chi connectivity index (χ3n) is 7.34. The summed E-state index contributed by atoms with van der Waals surface area (Å²) in [6, 6.07) is 9.55. The summed E-state index contributed by atoms with van der Waals surface area (Å²) in [5.74, 6) is -0.676. The van der Waals surface area contributed by atoms with Gasteiger partial charge in [-0.1, -0.05) is 17.7 Å². The van der Waals surface area contributed by atoms with Crippen molar-refractivity contribution in [3.63, 3.8) is 0 Å². The lowest BCUT2D eigenvalue weighted by molar-refractivity contribution is -0.0310. The monoisotopic (exact) mass is 562 g/mol. The maximum atomic E-state index is 13.4. The molecule has 0 aliphatic carbocycles. The third kappa shape index (κ3) is 4.69. The number of hydrogen-bond acceptors (Lipinski definition) is 9. The van der Waals surface area contributed by atoms with E-state index in [-0.39, 0.29) is 46.1 Å². The van der Waals surface area contributed by atoms with Crippen molar-refractivity contribution in [2.45, 2.75) is 47.6 Å². The Labute approximate surface area is 221 Å². The molecule has 38 heavy (non-hydrogen) atoms. The Morgan fingerprint density at radius 2 is 1.79 bits per heavy atom. The molecule has 4 N–H and O–H groups in total. The molecule has 13 heteroatoms. The van der Waals surface area contributed by atoms with Crippen molar-refractivity contribution in [2.75, 3.05) is 32.1 Å². The number of anilines is 1. The lowest BCUT2D eigenvalue weighted by Crippen LogP contribution is -2.46. The van der Waals surface area contributed by atoms with Crippen LogP contribution in [0, 0.1) is 6.92 Å². The second kappa shape index (κ2) is 9.65. The normalized spacial score (nSPS) is 20.2. The van der Waals surface area contributed by atoms with Gasteiger partial charge in [-0.15, -0.1) is 0 Å². The zero-order valence-corrected chi connectivity index (χ0v) is 22.6. The number of nitrogens with one attached hydrogen (secondary N) is 2. The molecule has 3 heterocycles. The number of pyridine rings is 1. The van der Waals surface area contributed by atoms with E-state index in [1.165, 1.54) is 23.6 Å². The number of sulfonamides is 2. The molecule has 1 aromatic heterocycles. The Hall–Kier alpha value is -2.97. The van der Waals surface area contributed by atoms with E-state index in [1.807, 2.05) is 13.0 Å². The Kier molecular flexibility index (Phi) is 6.76. The van der Waals surface area contributed by atoms with E-state index in [2.05, 4.69) is 15.0 Å². The van der Waals surface area contributed by atoms with E-state index in [9.17, 15) is 27.0 Å². The minimum atomic E-state index is -3.98. The van der Waals surface area contributed by atoms with Crippen molar-refractivity contribution in [2.24, 2.45) is 0 Å². The predicted molar refractivity (Wildman–Crippen MR) is 141 cm³/mol. The molecule has 2 saturated heterocycles. The first kappa shape index (κ1) is 26.6. The molecule has 3 aromatic rings. The van der Waals surface area contributed by atoms with E-state index in [1.54, 1.807) is 24.3 Å². The van der Waals surface area contributed by atoms with Gasteiger partial charge in [-0.05, 0) is 57.5 Å². The standard InChI is InChI=1S/C25H30N4O7S2/c1-16-6-7-19-18(12-16)23(30)22(14-27-19)38(34,35)29-10-8-25(9-11-29)13-17(15-36-25)28-20-4-3-5-21(24(20)31)37(32,33)26-2/h3-7,12,14,17,26,28,31H,8-11,13,15H2,1-2H3,(H,27,30)/t17-/m1/s1. The molecule has 2 aliphatic heterocycles. The number of ether oxygens (including phenoxy) is 1. The van der Waals surface area contributed by atoms with E-state index in [4.69, 9.17) is 4.74 Å². The smallest absolute Gasteiger partial charge is 0.248 e. The Bertz CT molecular complexity index is 1600. The molecule has 0 bridgehead atoms. The van der Waals surface area contributed by atoms with Gasteiger partial charge in [0.1, 0.15) is 15.5 Å². The Morgan fingerprint density at radius 3 is 2.50 bits per heavy atom. The van der Waals surface area contributed by atoms with Gasteiger partial charge in [0.05, 0.1) is 35.7 Å². The fourth-order valence-electron chi connectivity index (χ4n) is 5.21. The van der Waals surface area contributed by atoms with Crippen LogP contribution in [-0.2, 0) is 24.8 Å². The van der Waals surface area contributed by atoms with Crippen LogP contribution in [0.5, 0.6) is 11.5 Å². The largest absolute Gasteiger partial charge is 0.506 e. The van der Waals surface area contributed by atoms with E-state index in [0.717, 1.165) is 5.56 Å². The maximum absolute atomic E-state index is 13.4. The predicted octanol–water partition coefficient (Wildman–Crippen LogP) is 2.29. The third-order valence-corrected chi connectivity index (χ3v) is 10.7. The molecule has 0 saturated carbocycles. The molecular formula is C25H30N4O7S2. The molecule has 11 nitrogen and oxygen atoms in total. The summed E-state index contributed by atoms with van der Waals surface area (Å²) in [5.41, 5.74) is 1.13. The minimum Gasteiger partial charge on any atom is -0.506 e. The summed E-state index contributed by atoms with van der Waals surface area (Å²) < 4.78 is 60.8. The summed E-state index contributed by atoms with van der Waals surface area (Å²) in [4.78, 5) is 3.80. The van der Waals surface area contributed by atoms with Crippen molar-refractivity contribution >= 4 is 36.6 Å². The fourth-order valence-corrected chi connectivity index (χ4v) is 7.53. The SMILES string of the molecule is CNS(=O)(=O)c1cccc(N[C@H]2COC3(CCN(S(=O)(=O)c4cnc5ccc(C)cc5c4O)CC3)C2)c1O.